The molecule has 4 heterocycles. The van der Waals surface area contributed by atoms with Crippen molar-refractivity contribution in [3.8, 4) is 34.4 Å². The summed E-state index contributed by atoms with van der Waals surface area (Å²) < 4.78 is 16.6. The lowest BCUT2D eigenvalue weighted by Crippen LogP contribution is -2.35. The number of pyridine rings is 1. The quantitative estimate of drug-likeness (QED) is 0.875. The van der Waals surface area contributed by atoms with Crippen molar-refractivity contribution in [2.75, 3.05) is 26.7 Å². The second kappa shape index (κ2) is 5.76. The van der Waals surface area contributed by atoms with Gasteiger partial charge in [0.25, 0.3) is 0 Å². The molecule has 3 aliphatic heterocycles. The molecule has 2 aromatic rings. The molecule has 5 rings (SSSR count). The molecule has 27 heavy (non-hydrogen) atoms. The van der Waals surface area contributed by atoms with Crippen molar-refractivity contribution in [3.63, 3.8) is 0 Å². The summed E-state index contributed by atoms with van der Waals surface area (Å²) in [7, 11) is 3.75. The lowest BCUT2D eigenvalue weighted by Gasteiger charge is -2.34. The zero-order valence-corrected chi connectivity index (χ0v) is 15.3. The van der Waals surface area contributed by atoms with E-state index in [1.165, 1.54) is 0 Å². The Morgan fingerprint density at radius 2 is 2.19 bits per heavy atom. The predicted molar refractivity (Wildman–Crippen MR) is 98.7 cm³/mol. The van der Waals surface area contributed by atoms with E-state index in [4.69, 9.17) is 19.9 Å². The van der Waals surface area contributed by atoms with Gasteiger partial charge in [-0.15, -0.1) is 0 Å². The molecule has 1 fully saturated rings. The van der Waals surface area contributed by atoms with Gasteiger partial charge < -0.3 is 19.9 Å². The van der Waals surface area contributed by atoms with E-state index >= 15 is 0 Å². The number of hydrogen-bond acceptors (Lipinski definition) is 7. The highest BCUT2D eigenvalue weighted by molar-refractivity contribution is 5.82. The molecule has 3 aliphatic rings. The van der Waals surface area contributed by atoms with Crippen LogP contribution in [0.3, 0.4) is 0 Å². The van der Waals surface area contributed by atoms with Gasteiger partial charge in [0, 0.05) is 35.3 Å². The fourth-order valence-electron chi connectivity index (χ4n) is 4.70. The summed E-state index contributed by atoms with van der Waals surface area (Å²) >= 11 is 0. The van der Waals surface area contributed by atoms with Crippen LogP contribution in [0.1, 0.15) is 35.7 Å². The second-order valence-corrected chi connectivity index (χ2v) is 7.25. The van der Waals surface area contributed by atoms with Crippen LogP contribution in [0, 0.1) is 11.3 Å². The Hall–Kier alpha value is -2.98. The minimum absolute atomic E-state index is 0.157. The minimum atomic E-state index is 0.157. The van der Waals surface area contributed by atoms with Crippen LogP contribution in [-0.4, -0.2) is 36.9 Å². The highest BCUT2D eigenvalue weighted by Gasteiger charge is 2.41. The zero-order chi connectivity index (χ0) is 18.7. The van der Waals surface area contributed by atoms with Crippen LogP contribution in [-0.2, 0) is 6.42 Å². The first kappa shape index (κ1) is 16.2. The van der Waals surface area contributed by atoms with Crippen molar-refractivity contribution in [1.82, 2.24) is 9.88 Å². The van der Waals surface area contributed by atoms with E-state index in [0.717, 1.165) is 41.6 Å². The Morgan fingerprint density at radius 1 is 1.33 bits per heavy atom. The number of methoxy groups -OCH3 is 1. The van der Waals surface area contributed by atoms with Crippen LogP contribution in [0.5, 0.6) is 17.2 Å². The molecule has 1 aromatic heterocycles. The van der Waals surface area contributed by atoms with Crippen molar-refractivity contribution in [2.24, 2.45) is 0 Å². The molecular formula is C20H20N4O3. The number of anilines is 1. The molecule has 0 radical (unpaired) electrons. The largest absolute Gasteiger partial charge is 0.493 e. The summed E-state index contributed by atoms with van der Waals surface area (Å²) in [5, 5.41) is 9.85. The van der Waals surface area contributed by atoms with E-state index in [1.54, 1.807) is 7.11 Å². The molecule has 2 atom stereocenters. The van der Waals surface area contributed by atoms with Crippen LogP contribution >= 0.6 is 0 Å². The zero-order valence-electron chi connectivity index (χ0n) is 15.3. The van der Waals surface area contributed by atoms with Crippen molar-refractivity contribution in [3.05, 3.63) is 29.0 Å². The first-order chi connectivity index (χ1) is 13.1. The average molecular weight is 364 g/mol. The Labute approximate surface area is 157 Å². The Morgan fingerprint density at radius 3 is 2.96 bits per heavy atom. The summed E-state index contributed by atoms with van der Waals surface area (Å²) in [5.74, 6) is 2.08. The third-order valence-corrected chi connectivity index (χ3v) is 6.00. The van der Waals surface area contributed by atoms with Crippen molar-refractivity contribution >= 4 is 5.82 Å². The number of rotatable bonds is 2. The molecule has 0 aliphatic carbocycles. The third-order valence-electron chi connectivity index (χ3n) is 6.00. The van der Waals surface area contributed by atoms with Gasteiger partial charge in [-0.25, -0.2) is 4.98 Å². The summed E-state index contributed by atoms with van der Waals surface area (Å²) in [6, 6.07) is 6.80. The van der Waals surface area contributed by atoms with Crippen LogP contribution in [0.25, 0.3) is 11.1 Å². The maximum atomic E-state index is 9.85. The predicted octanol–water partition coefficient (Wildman–Crippen LogP) is 2.63. The Kier molecular flexibility index (Phi) is 3.46. The molecule has 0 saturated carbocycles. The number of likely N-dealkylation sites (N-methyl/N-ethyl adjacent to an activating group) is 1. The van der Waals surface area contributed by atoms with E-state index in [9.17, 15) is 5.26 Å². The smallest absolute Gasteiger partial charge is 0.231 e. The van der Waals surface area contributed by atoms with Crippen molar-refractivity contribution in [1.29, 1.82) is 5.26 Å². The van der Waals surface area contributed by atoms with Gasteiger partial charge in [0.2, 0.25) is 12.5 Å². The molecule has 2 N–H and O–H groups in total. The second-order valence-electron chi connectivity index (χ2n) is 7.25. The summed E-state index contributed by atoms with van der Waals surface area (Å²) in [5.41, 5.74) is 10.4. The number of nitriles is 1. The van der Waals surface area contributed by atoms with Crippen molar-refractivity contribution in [2.45, 2.75) is 31.3 Å². The van der Waals surface area contributed by atoms with Gasteiger partial charge in [-0.3, -0.25) is 4.90 Å². The number of aromatic nitrogens is 1. The number of benzene rings is 1. The van der Waals surface area contributed by atoms with Crippen molar-refractivity contribution < 1.29 is 14.2 Å². The van der Waals surface area contributed by atoms with E-state index in [-0.39, 0.29) is 18.7 Å². The third kappa shape index (κ3) is 2.20. The molecule has 1 saturated heterocycles. The lowest BCUT2D eigenvalue weighted by molar-refractivity contribution is 0.171. The maximum Gasteiger partial charge on any atom is 0.231 e. The first-order valence-corrected chi connectivity index (χ1v) is 9.04. The highest BCUT2D eigenvalue weighted by Crippen LogP contribution is 2.50. The molecule has 0 amide bonds. The van der Waals surface area contributed by atoms with Gasteiger partial charge in [0.1, 0.15) is 17.5 Å². The highest BCUT2D eigenvalue weighted by atomic mass is 16.7. The molecule has 0 spiro atoms. The number of fused-ring (bicyclic) bond motifs is 5. The van der Waals surface area contributed by atoms with Gasteiger partial charge >= 0.3 is 0 Å². The van der Waals surface area contributed by atoms with Crippen LogP contribution in [0.2, 0.25) is 0 Å². The number of nitrogens with two attached hydrogens (primary N) is 1. The molecule has 2 bridgehead atoms. The van der Waals surface area contributed by atoms with E-state index in [1.807, 2.05) is 12.1 Å². The Bertz CT molecular complexity index is 998. The SMILES string of the molecule is COc1cc(-c2c(C#N)c(N)nc3c2[C@H]2CC[C@@H](C3)N2C)cc2c1OCO2. The maximum absolute atomic E-state index is 9.85. The van der Waals surface area contributed by atoms with Gasteiger partial charge in [0.15, 0.2) is 11.5 Å². The van der Waals surface area contributed by atoms with E-state index in [2.05, 4.69) is 23.0 Å². The molecule has 138 valence electrons. The molecule has 7 heteroatoms. The molecular weight excluding hydrogens is 344 g/mol. The first-order valence-electron chi connectivity index (χ1n) is 9.04. The number of nitrogen functional groups attached to an aromatic ring is 1. The topological polar surface area (TPSA) is 93.6 Å². The summed E-state index contributed by atoms with van der Waals surface area (Å²) in [4.78, 5) is 7.00. The number of nitrogens with zero attached hydrogens (tertiary/aromatic N) is 3. The fourth-order valence-corrected chi connectivity index (χ4v) is 4.70. The molecule has 0 unspecified atom stereocenters. The van der Waals surface area contributed by atoms with Crippen LogP contribution < -0.4 is 19.9 Å². The summed E-state index contributed by atoms with van der Waals surface area (Å²) in [6.45, 7) is 0.157. The lowest BCUT2D eigenvalue weighted by atomic mass is 9.87. The standard InChI is InChI=1S/C20H20N4O3/c1-24-11-3-4-14(24)18-13(7-11)23-20(22)12(8-21)17(18)10-5-15(25-2)19-16(6-10)26-9-27-19/h5-6,11,14H,3-4,7,9H2,1-2H3,(H2,22,23)/t11-,14+/m0/s1. The van der Waals surface area contributed by atoms with E-state index in [0.29, 0.717) is 28.9 Å². The summed E-state index contributed by atoms with van der Waals surface area (Å²) in [6.07, 6.45) is 3.04. The van der Waals surface area contributed by atoms with E-state index < -0.39 is 0 Å². The number of ether oxygens (including phenoxy) is 3. The van der Waals surface area contributed by atoms with Gasteiger partial charge in [0.05, 0.1) is 7.11 Å². The average Bonchev–Trinajstić information content (AvgIpc) is 3.22. The molecule has 7 nitrogen and oxygen atoms in total. The van der Waals surface area contributed by atoms with Gasteiger partial charge in [-0.05, 0) is 37.6 Å². The van der Waals surface area contributed by atoms with Crippen LogP contribution in [0.4, 0.5) is 5.82 Å². The van der Waals surface area contributed by atoms with Crippen LogP contribution in [0.15, 0.2) is 12.1 Å². The monoisotopic (exact) mass is 364 g/mol. The molecule has 1 aromatic carbocycles. The van der Waals surface area contributed by atoms with Gasteiger partial charge in [-0.2, -0.15) is 5.26 Å². The normalized spacial score (nSPS) is 22.4. The Balaban J connectivity index is 1.81. The minimum Gasteiger partial charge on any atom is -0.493 e. The van der Waals surface area contributed by atoms with Gasteiger partial charge in [-0.1, -0.05) is 0 Å². The fraction of sp³-hybridized carbons (Fsp3) is 0.400. The number of hydrogen-bond donors (Lipinski definition) is 1.